The van der Waals surface area contributed by atoms with Crippen molar-refractivity contribution in [2.75, 3.05) is 13.7 Å². The second kappa shape index (κ2) is 9.46. The van der Waals surface area contributed by atoms with E-state index >= 15 is 0 Å². The Bertz CT molecular complexity index is 767. The first-order chi connectivity index (χ1) is 14.9. The van der Waals surface area contributed by atoms with Crippen LogP contribution in [0.3, 0.4) is 0 Å². The molecule has 0 aromatic heterocycles. The number of esters is 1. The molecular weight excluding hydrogens is 398 g/mol. The summed E-state index contributed by atoms with van der Waals surface area (Å²) >= 11 is 0. The van der Waals surface area contributed by atoms with Crippen molar-refractivity contribution in [2.24, 2.45) is 22.7 Å². The van der Waals surface area contributed by atoms with Gasteiger partial charge < -0.3 is 9.47 Å². The van der Waals surface area contributed by atoms with Crippen LogP contribution >= 0.6 is 0 Å². The van der Waals surface area contributed by atoms with E-state index in [2.05, 4.69) is 62.9 Å². The van der Waals surface area contributed by atoms with Gasteiger partial charge >= 0.3 is 5.97 Å². The molecule has 32 heavy (non-hydrogen) atoms. The smallest absolute Gasteiger partial charge is 0.307 e. The second-order valence-corrected chi connectivity index (χ2v) is 12.1. The van der Waals surface area contributed by atoms with Gasteiger partial charge in [-0.2, -0.15) is 0 Å². The molecule has 2 aliphatic carbocycles. The van der Waals surface area contributed by atoms with Crippen molar-refractivity contribution in [1.82, 2.24) is 4.90 Å². The van der Waals surface area contributed by atoms with Crippen LogP contribution in [0, 0.1) is 22.7 Å². The van der Waals surface area contributed by atoms with Gasteiger partial charge in [0, 0.05) is 31.7 Å². The van der Waals surface area contributed by atoms with Gasteiger partial charge in [0.15, 0.2) is 0 Å². The first kappa shape index (κ1) is 25.2. The summed E-state index contributed by atoms with van der Waals surface area (Å²) in [6.07, 6.45) is 4.33. The molecule has 2 bridgehead atoms. The molecule has 4 heteroatoms. The van der Waals surface area contributed by atoms with Crippen molar-refractivity contribution in [3.05, 3.63) is 35.9 Å². The molecule has 2 aliphatic rings. The molecule has 0 radical (unpaired) electrons. The predicted molar refractivity (Wildman–Crippen MR) is 130 cm³/mol. The summed E-state index contributed by atoms with van der Waals surface area (Å²) in [4.78, 5) is 15.5. The van der Waals surface area contributed by atoms with E-state index in [-0.39, 0.29) is 28.9 Å². The Labute approximate surface area is 196 Å². The third kappa shape index (κ3) is 5.07. The van der Waals surface area contributed by atoms with Gasteiger partial charge in [-0.15, -0.1) is 0 Å². The van der Waals surface area contributed by atoms with E-state index in [0.717, 1.165) is 25.4 Å². The standard InChI is InChI=1S/C28H45NO3/c1-20(2)23(17-25(30)32-26(3,4)5)29(18-21-12-10-9-11-13-21)19-28-15-14-22(27(28,6)7)16-24(28)31-8/h9-13,20,22-24H,14-19H2,1-8H3/t22?,23-,24?,28?/m0/s1. The average molecular weight is 444 g/mol. The molecule has 0 spiro atoms. The van der Waals surface area contributed by atoms with Gasteiger partial charge in [0.1, 0.15) is 5.60 Å². The highest BCUT2D eigenvalue weighted by molar-refractivity contribution is 5.70. The molecule has 2 saturated carbocycles. The van der Waals surface area contributed by atoms with Crippen LogP contribution in [0.4, 0.5) is 0 Å². The van der Waals surface area contributed by atoms with E-state index in [1.165, 1.54) is 18.4 Å². The lowest BCUT2D eigenvalue weighted by atomic mass is 9.67. The zero-order chi connectivity index (χ0) is 23.7. The molecule has 4 nitrogen and oxygen atoms in total. The third-order valence-electron chi connectivity index (χ3n) is 8.39. The Kier molecular flexibility index (Phi) is 7.46. The molecule has 4 atom stereocenters. The highest BCUT2D eigenvalue weighted by Crippen LogP contribution is 2.66. The Morgan fingerprint density at radius 2 is 1.84 bits per heavy atom. The van der Waals surface area contributed by atoms with Gasteiger partial charge in [-0.3, -0.25) is 9.69 Å². The van der Waals surface area contributed by atoms with Crippen LogP contribution in [0.5, 0.6) is 0 Å². The summed E-state index contributed by atoms with van der Waals surface area (Å²) in [5.41, 5.74) is 1.17. The van der Waals surface area contributed by atoms with E-state index in [9.17, 15) is 4.79 Å². The van der Waals surface area contributed by atoms with Gasteiger partial charge in [0.05, 0.1) is 12.5 Å². The quantitative estimate of drug-likeness (QED) is 0.433. The Hall–Kier alpha value is -1.39. The van der Waals surface area contributed by atoms with Crippen molar-refractivity contribution < 1.29 is 14.3 Å². The zero-order valence-electron chi connectivity index (χ0n) is 21.6. The maximum atomic E-state index is 12.9. The van der Waals surface area contributed by atoms with Crippen LogP contribution in [0.25, 0.3) is 0 Å². The lowest BCUT2D eigenvalue weighted by molar-refractivity contribution is -0.157. The first-order valence-corrected chi connectivity index (χ1v) is 12.4. The Balaban J connectivity index is 1.92. The number of hydrogen-bond donors (Lipinski definition) is 0. The van der Waals surface area contributed by atoms with Gasteiger partial charge in [-0.1, -0.05) is 58.0 Å². The normalized spacial score (nSPS) is 27.8. The van der Waals surface area contributed by atoms with E-state index in [1.807, 2.05) is 27.9 Å². The van der Waals surface area contributed by atoms with Crippen LogP contribution in [0.2, 0.25) is 0 Å². The highest BCUT2D eigenvalue weighted by atomic mass is 16.6. The zero-order valence-corrected chi connectivity index (χ0v) is 21.6. The van der Waals surface area contributed by atoms with Crippen molar-refractivity contribution in [1.29, 1.82) is 0 Å². The van der Waals surface area contributed by atoms with Crippen LogP contribution in [-0.4, -0.2) is 42.3 Å². The average Bonchev–Trinajstić information content (AvgIpc) is 3.06. The third-order valence-corrected chi connectivity index (χ3v) is 8.39. The summed E-state index contributed by atoms with van der Waals surface area (Å²) in [6, 6.07) is 10.8. The maximum Gasteiger partial charge on any atom is 0.307 e. The van der Waals surface area contributed by atoms with Crippen molar-refractivity contribution in [3.63, 3.8) is 0 Å². The molecule has 0 aliphatic heterocycles. The molecule has 1 aromatic carbocycles. The minimum atomic E-state index is -0.463. The molecule has 180 valence electrons. The van der Waals surface area contributed by atoms with Crippen molar-refractivity contribution in [2.45, 2.75) is 98.4 Å². The van der Waals surface area contributed by atoms with E-state index in [1.54, 1.807) is 0 Å². The number of methoxy groups -OCH3 is 1. The molecule has 1 aromatic rings. The minimum Gasteiger partial charge on any atom is -0.460 e. The van der Waals surface area contributed by atoms with Gasteiger partial charge in [-0.05, 0) is 62.8 Å². The molecule has 0 amide bonds. The van der Waals surface area contributed by atoms with Crippen molar-refractivity contribution in [3.8, 4) is 0 Å². The first-order valence-electron chi connectivity index (χ1n) is 12.4. The Morgan fingerprint density at radius 3 is 2.38 bits per heavy atom. The minimum absolute atomic E-state index is 0.106. The number of fused-ring (bicyclic) bond motifs is 2. The largest absolute Gasteiger partial charge is 0.460 e. The molecule has 2 fully saturated rings. The van der Waals surface area contributed by atoms with Crippen molar-refractivity contribution >= 4 is 5.97 Å². The maximum absolute atomic E-state index is 12.9. The number of hydrogen-bond acceptors (Lipinski definition) is 4. The van der Waals surface area contributed by atoms with Crippen LogP contribution in [-0.2, 0) is 20.8 Å². The van der Waals surface area contributed by atoms with E-state index < -0.39 is 5.60 Å². The van der Waals surface area contributed by atoms with Crippen LogP contribution < -0.4 is 0 Å². The van der Waals surface area contributed by atoms with Crippen LogP contribution in [0.15, 0.2) is 30.3 Å². The number of ether oxygens (including phenoxy) is 2. The molecule has 3 rings (SSSR count). The highest BCUT2D eigenvalue weighted by Gasteiger charge is 2.64. The molecular formula is C28H45NO3. The lowest BCUT2D eigenvalue weighted by Crippen LogP contribution is -2.52. The van der Waals surface area contributed by atoms with E-state index in [0.29, 0.717) is 12.3 Å². The number of nitrogens with zero attached hydrogens (tertiary/aromatic N) is 1. The summed E-state index contributed by atoms with van der Waals surface area (Å²) in [7, 11) is 1.88. The molecule has 3 unspecified atom stereocenters. The number of carbonyl (C=O) groups excluding carboxylic acids is 1. The summed E-state index contributed by atoms with van der Waals surface area (Å²) in [5.74, 6) is 0.949. The fourth-order valence-corrected chi connectivity index (χ4v) is 6.51. The number of carbonyl (C=O) groups is 1. The number of benzene rings is 1. The topological polar surface area (TPSA) is 38.8 Å². The van der Waals surface area contributed by atoms with Crippen LogP contribution in [0.1, 0.15) is 79.7 Å². The number of rotatable bonds is 9. The van der Waals surface area contributed by atoms with Gasteiger partial charge in [-0.25, -0.2) is 0 Å². The second-order valence-electron chi connectivity index (χ2n) is 12.1. The molecule has 0 saturated heterocycles. The fourth-order valence-electron chi connectivity index (χ4n) is 6.51. The van der Waals surface area contributed by atoms with Gasteiger partial charge in [0.2, 0.25) is 0 Å². The monoisotopic (exact) mass is 443 g/mol. The summed E-state index contributed by atoms with van der Waals surface area (Å²) in [6.45, 7) is 17.0. The fraction of sp³-hybridized carbons (Fsp3) is 0.750. The lowest BCUT2D eigenvalue weighted by Gasteiger charge is -2.47. The van der Waals surface area contributed by atoms with Gasteiger partial charge in [0.25, 0.3) is 0 Å². The predicted octanol–water partition coefficient (Wildman–Crippen LogP) is 6.09. The SMILES string of the molecule is COC1CC2CCC1(CN(Cc1ccccc1)[C@@H](CC(=O)OC(C)(C)C)C(C)C)C2(C)C. The molecule has 0 N–H and O–H groups in total. The Morgan fingerprint density at radius 1 is 1.19 bits per heavy atom. The van der Waals surface area contributed by atoms with E-state index in [4.69, 9.17) is 9.47 Å². The summed E-state index contributed by atoms with van der Waals surface area (Å²) in [5, 5.41) is 0. The summed E-state index contributed by atoms with van der Waals surface area (Å²) < 4.78 is 11.8. The molecule has 0 heterocycles.